The highest BCUT2D eigenvalue weighted by Crippen LogP contribution is 2.35. The van der Waals surface area contributed by atoms with Gasteiger partial charge in [-0.05, 0) is 42.5 Å². The number of carbonyl (C=O) groups excluding carboxylic acids is 1. The number of hydrogen-bond acceptors (Lipinski definition) is 3. The molecule has 1 aromatic heterocycles. The van der Waals surface area contributed by atoms with Gasteiger partial charge in [0.15, 0.2) is 0 Å². The lowest BCUT2D eigenvalue weighted by Gasteiger charge is -2.14. The number of nitrogens with zero attached hydrogens (tertiary/aromatic N) is 1. The van der Waals surface area contributed by atoms with Crippen LogP contribution in [0.15, 0.2) is 66.9 Å². The first-order chi connectivity index (χ1) is 12.8. The maximum Gasteiger partial charge on any atom is 0.418 e. The van der Waals surface area contributed by atoms with Gasteiger partial charge in [-0.2, -0.15) is 13.2 Å². The van der Waals surface area contributed by atoms with Crippen LogP contribution in [0, 0.1) is 5.82 Å². The first-order valence-corrected chi connectivity index (χ1v) is 7.79. The standard InChI is InChI=1S/C19H13F4N3O/c20-12-4-3-5-13(10-12)26-18(27)17-9-8-14(11-24-17)25-16-7-2-1-6-15(16)19(21,22)23/h1-11,25H,(H,26,27). The summed E-state index contributed by atoms with van der Waals surface area (Å²) in [6, 6.07) is 13.2. The van der Waals surface area contributed by atoms with Crippen LogP contribution in [0.25, 0.3) is 0 Å². The van der Waals surface area contributed by atoms with Gasteiger partial charge in [-0.15, -0.1) is 0 Å². The van der Waals surface area contributed by atoms with E-state index in [1.165, 1.54) is 54.7 Å². The lowest BCUT2D eigenvalue weighted by atomic mass is 10.1. The number of halogens is 4. The SMILES string of the molecule is O=C(Nc1cccc(F)c1)c1ccc(Nc2ccccc2C(F)(F)F)cn1. The molecule has 4 nitrogen and oxygen atoms in total. The summed E-state index contributed by atoms with van der Waals surface area (Å²) in [4.78, 5) is 16.1. The lowest BCUT2D eigenvalue weighted by molar-refractivity contribution is -0.136. The summed E-state index contributed by atoms with van der Waals surface area (Å²) in [5.41, 5.74) is -0.340. The summed E-state index contributed by atoms with van der Waals surface area (Å²) in [5, 5.41) is 5.13. The van der Waals surface area contributed by atoms with E-state index in [0.717, 1.165) is 12.1 Å². The molecule has 138 valence electrons. The topological polar surface area (TPSA) is 54.0 Å². The van der Waals surface area contributed by atoms with Gasteiger partial charge >= 0.3 is 6.18 Å². The van der Waals surface area contributed by atoms with E-state index < -0.39 is 23.5 Å². The van der Waals surface area contributed by atoms with Crippen LogP contribution in [0.1, 0.15) is 16.1 Å². The molecule has 3 aromatic rings. The summed E-state index contributed by atoms with van der Waals surface area (Å²) in [5.74, 6) is -1.06. The Labute approximate surface area is 151 Å². The van der Waals surface area contributed by atoms with Crippen molar-refractivity contribution >= 4 is 23.0 Å². The minimum Gasteiger partial charge on any atom is -0.354 e. The number of para-hydroxylation sites is 1. The van der Waals surface area contributed by atoms with Crippen LogP contribution in [0.2, 0.25) is 0 Å². The number of amides is 1. The van der Waals surface area contributed by atoms with Crippen molar-refractivity contribution in [1.82, 2.24) is 4.98 Å². The second kappa shape index (κ2) is 7.45. The van der Waals surface area contributed by atoms with Crippen LogP contribution < -0.4 is 10.6 Å². The molecule has 0 saturated heterocycles. The van der Waals surface area contributed by atoms with Gasteiger partial charge in [0.05, 0.1) is 23.1 Å². The zero-order valence-electron chi connectivity index (χ0n) is 13.7. The molecule has 0 aliphatic heterocycles. The summed E-state index contributed by atoms with van der Waals surface area (Å²) in [6.45, 7) is 0. The summed E-state index contributed by atoms with van der Waals surface area (Å²) < 4.78 is 52.2. The van der Waals surface area contributed by atoms with Gasteiger partial charge in [-0.25, -0.2) is 9.37 Å². The third-order valence-electron chi connectivity index (χ3n) is 3.59. The molecule has 2 N–H and O–H groups in total. The Bertz CT molecular complexity index is 956. The predicted molar refractivity (Wildman–Crippen MR) is 93.3 cm³/mol. The number of hydrogen-bond donors (Lipinski definition) is 2. The zero-order chi connectivity index (χ0) is 19.4. The number of rotatable bonds is 4. The van der Waals surface area contributed by atoms with Crippen LogP contribution in [-0.4, -0.2) is 10.9 Å². The summed E-state index contributed by atoms with van der Waals surface area (Å²) >= 11 is 0. The molecule has 2 aromatic carbocycles. The lowest BCUT2D eigenvalue weighted by Crippen LogP contribution is -2.14. The molecule has 3 rings (SSSR count). The number of pyridine rings is 1. The molecule has 0 aliphatic rings. The third-order valence-corrected chi connectivity index (χ3v) is 3.59. The van der Waals surface area contributed by atoms with E-state index in [9.17, 15) is 22.4 Å². The molecule has 27 heavy (non-hydrogen) atoms. The van der Waals surface area contributed by atoms with Crippen LogP contribution in [0.4, 0.5) is 34.6 Å². The van der Waals surface area contributed by atoms with E-state index in [-0.39, 0.29) is 22.8 Å². The first-order valence-electron chi connectivity index (χ1n) is 7.79. The van der Waals surface area contributed by atoms with Crippen LogP contribution in [0.5, 0.6) is 0 Å². The van der Waals surface area contributed by atoms with E-state index in [1.54, 1.807) is 0 Å². The summed E-state index contributed by atoms with van der Waals surface area (Å²) in [6.07, 6.45) is -3.25. The van der Waals surface area contributed by atoms with Gasteiger partial charge in [0.1, 0.15) is 11.5 Å². The molecule has 0 atom stereocenters. The molecule has 0 aliphatic carbocycles. The van der Waals surface area contributed by atoms with Gasteiger partial charge in [0.25, 0.3) is 5.91 Å². The fourth-order valence-corrected chi connectivity index (χ4v) is 2.36. The Balaban J connectivity index is 1.74. The summed E-state index contributed by atoms with van der Waals surface area (Å²) in [7, 11) is 0. The Morgan fingerprint density at radius 3 is 2.37 bits per heavy atom. The van der Waals surface area contributed by atoms with Crippen LogP contribution >= 0.6 is 0 Å². The zero-order valence-corrected chi connectivity index (χ0v) is 13.7. The quantitative estimate of drug-likeness (QED) is 0.614. The van der Waals surface area contributed by atoms with Crippen LogP contribution in [0.3, 0.4) is 0 Å². The molecule has 0 bridgehead atoms. The largest absolute Gasteiger partial charge is 0.418 e. The van der Waals surface area contributed by atoms with E-state index >= 15 is 0 Å². The number of carbonyl (C=O) groups is 1. The van der Waals surface area contributed by atoms with Crippen molar-refractivity contribution in [1.29, 1.82) is 0 Å². The van der Waals surface area contributed by atoms with Crippen molar-refractivity contribution in [3.8, 4) is 0 Å². The van der Waals surface area contributed by atoms with Crippen molar-refractivity contribution in [2.75, 3.05) is 10.6 Å². The minimum atomic E-state index is -4.50. The molecular formula is C19H13F4N3O. The maximum atomic E-state index is 13.1. The Morgan fingerprint density at radius 2 is 1.70 bits per heavy atom. The predicted octanol–water partition coefficient (Wildman–Crippen LogP) is 5.24. The Hall–Kier alpha value is -3.42. The number of alkyl halides is 3. The van der Waals surface area contributed by atoms with Crippen molar-refractivity contribution < 1.29 is 22.4 Å². The van der Waals surface area contributed by atoms with Gasteiger partial charge in [0, 0.05) is 5.69 Å². The molecular weight excluding hydrogens is 362 g/mol. The van der Waals surface area contributed by atoms with E-state index in [0.29, 0.717) is 0 Å². The smallest absolute Gasteiger partial charge is 0.354 e. The number of nitrogens with one attached hydrogen (secondary N) is 2. The van der Waals surface area contributed by atoms with Gasteiger partial charge < -0.3 is 10.6 Å². The highest BCUT2D eigenvalue weighted by atomic mass is 19.4. The fraction of sp³-hybridized carbons (Fsp3) is 0.0526. The second-order valence-electron chi connectivity index (χ2n) is 5.56. The van der Waals surface area contributed by atoms with Crippen LogP contribution in [-0.2, 0) is 6.18 Å². The van der Waals surface area contributed by atoms with Gasteiger partial charge in [0.2, 0.25) is 0 Å². The Morgan fingerprint density at radius 1 is 0.926 bits per heavy atom. The molecule has 1 heterocycles. The second-order valence-corrected chi connectivity index (χ2v) is 5.56. The first kappa shape index (κ1) is 18.4. The molecule has 1 amide bonds. The highest BCUT2D eigenvalue weighted by molar-refractivity contribution is 6.02. The number of benzene rings is 2. The minimum absolute atomic E-state index is 0.0360. The van der Waals surface area contributed by atoms with Crippen molar-refractivity contribution in [3.05, 3.63) is 83.9 Å². The third kappa shape index (κ3) is 4.60. The normalized spacial score (nSPS) is 11.1. The van der Waals surface area contributed by atoms with Gasteiger partial charge in [-0.3, -0.25) is 4.79 Å². The van der Waals surface area contributed by atoms with E-state index in [1.807, 2.05) is 0 Å². The molecule has 0 unspecified atom stereocenters. The number of aromatic nitrogens is 1. The van der Waals surface area contributed by atoms with Crippen molar-refractivity contribution in [2.24, 2.45) is 0 Å². The maximum absolute atomic E-state index is 13.1. The molecule has 0 fully saturated rings. The molecule has 0 spiro atoms. The van der Waals surface area contributed by atoms with Gasteiger partial charge in [-0.1, -0.05) is 18.2 Å². The monoisotopic (exact) mass is 375 g/mol. The van der Waals surface area contributed by atoms with Crippen molar-refractivity contribution in [3.63, 3.8) is 0 Å². The average molecular weight is 375 g/mol. The highest BCUT2D eigenvalue weighted by Gasteiger charge is 2.33. The average Bonchev–Trinajstić information content (AvgIpc) is 2.62. The van der Waals surface area contributed by atoms with E-state index in [4.69, 9.17) is 0 Å². The van der Waals surface area contributed by atoms with Crippen molar-refractivity contribution in [2.45, 2.75) is 6.18 Å². The molecule has 0 radical (unpaired) electrons. The Kier molecular flexibility index (Phi) is 5.07. The fourth-order valence-electron chi connectivity index (χ4n) is 2.36. The molecule has 0 saturated carbocycles. The molecule has 8 heteroatoms. The van der Waals surface area contributed by atoms with E-state index in [2.05, 4.69) is 15.6 Å². The number of anilines is 3.